The van der Waals surface area contributed by atoms with E-state index in [-0.39, 0.29) is 18.6 Å². The Labute approximate surface area is 92.4 Å². The van der Waals surface area contributed by atoms with Gasteiger partial charge in [0.1, 0.15) is 0 Å². The van der Waals surface area contributed by atoms with Gasteiger partial charge in [-0.3, -0.25) is 10.1 Å². The molecule has 0 fully saturated rings. The Morgan fingerprint density at radius 3 is 2.27 bits per heavy atom. The number of aliphatic hydroxyl groups is 1. The minimum atomic E-state index is -0.422. The largest absolute Gasteiger partial charge is 0.394 e. The molecule has 0 aliphatic heterocycles. The number of carbonyl (C=O) groups excluding carboxylic acids is 1. The van der Waals surface area contributed by atoms with Gasteiger partial charge in [0, 0.05) is 12.1 Å². The molecule has 0 rings (SSSR count). The normalized spacial score (nSPS) is 14.1. The van der Waals surface area contributed by atoms with Crippen LogP contribution < -0.4 is 10.6 Å². The minimum absolute atomic E-state index is 0.00873. The van der Waals surface area contributed by atoms with E-state index >= 15 is 0 Å². The van der Waals surface area contributed by atoms with Gasteiger partial charge in [0.2, 0.25) is 5.91 Å². The van der Waals surface area contributed by atoms with Crippen molar-refractivity contribution in [3.05, 3.63) is 0 Å². The monoisotopic (exact) mass is 216 g/mol. The maximum Gasteiger partial charge on any atom is 0.236 e. The second kappa shape index (κ2) is 6.08. The Morgan fingerprint density at radius 1 is 1.33 bits per heavy atom. The number of amides is 1. The lowest BCUT2D eigenvalue weighted by molar-refractivity contribution is -0.123. The molecule has 90 valence electrons. The van der Waals surface area contributed by atoms with Crippen molar-refractivity contribution in [2.45, 2.75) is 46.2 Å². The summed E-state index contributed by atoms with van der Waals surface area (Å²) in [7, 11) is 0. The van der Waals surface area contributed by atoms with Crippen LogP contribution in [-0.4, -0.2) is 35.7 Å². The molecule has 0 saturated heterocycles. The smallest absolute Gasteiger partial charge is 0.236 e. The Kier molecular flexibility index (Phi) is 5.83. The predicted octanol–water partition coefficient (Wildman–Crippen LogP) is 0.508. The molecule has 15 heavy (non-hydrogen) atoms. The molecule has 0 spiro atoms. The molecule has 0 aliphatic rings. The molecule has 0 aliphatic carbocycles. The summed E-state index contributed by atoms with van der Waals surface area (Å²) in [6, 6.07) is -0.286. The third kappa shape index (κ3) is 6.47. The number of aliphatic hydroxyl groups excluding tert-OH is 1. The molecule has 4 nitrogen and oxygen atoms in total. The van der Waals surface area contributed by atoms with Crippen molar-refractivity contribution in [2.75, 3.05) is 13.2 Å². The van der Waals surface area contributed by atoms with E-state index in [9.17, 15) is 4.79 Å². The lowest BCUT2D eigenvalue weighted by Gasteiger charge is -2.27. The summed E-state index contributed by atoms with van der Waals surface area (Å²) in [5, 5.41) is 15.0. The fraction of sp³-hybridized carbons (Fsp3) is 0.909. The molecular weight excluding hydrogens is 192 g/mol. The van der Waals surface area contributed by atoms with Gasteiger partial charge in [0.25, 0.3) is 0 Å². The van der Waals surface area contributed by atoms with E-state index in [1.54, 1.807) is 6.92 Å². The van der Waals surface area contributed by atoms with Crippen LogP contribution in [0.2, 0.25) is 0 Å². The first-order valence-electron chi connectivity index (χ1n) is 5.45. The van der Waals surface area contributed by atoms with E-state index in [2.05, 4.69) is 24.5 Å². The Hall–Kier alpha value is -0.610. The minimum Gasteiger partial charge on any atom is -0.394 e. The predicted molar refractivity (Wildman–Crippen MR) is 61.6 cm³/mol. The maximum absolute atomic E-state index is 11.6. The van der Waals surface area contributed by atoms with Gasteiger partial charge in [-0.25, -0.2) is 0 Å². The maximum atomic E-state index is 11.6. The number of hydrogen-bond acceptors (Lipinski definition) is 3. The van der Waals surface area contributed by atoms with Crippen LogP contribution in [-0.2, 0) is 4.79 Å². The fourth-order valence-corrected chi connectivity index (χ4v) is 1.16. The second-order valence-electron chi connectivity index (χ2n) is 5.05. The number of carbonyl (C=O) groups is 1. The summed E-state index contributed by atoms with van der Waals surface area (Å²) in [5.74, 6) is 0.428. The van der Waals surface area contributed by atoms with E-state index in [0.29, 0.717) is 12.5 Å². The molecule has 0 radical (unpaired) electrons. The van der Waals surface area contributed by atoms with Gasteiger partial charge in [0.05, 0.1) is 12.6 Å². The van der Waals surface area contributed by atoms with E-state index in [1.165, 1.54) is 0 Å². The van der Waals surface area contributed by atoms with E-state index < -0.39 is 5.54 Å². The average Bonchev–Trinajstić information content (AvgIpc) is 2.13. The third-order valence-electron chi connectivity index (χ3n) is 2.08. The number of hydrogen-bond donors (Lipinski definition) is 3. The van der Waals surface area contributed by atoms with Crippen LogP contribution in [0, 0.1) is 5.92 Å². The molecule has 4 heteroatoms. The molecule has 3 N–H and O–H groups in total. The van der Waals surface area contributed by atoms with Gasteiger partial charge in [-0.15, -0.1) is 0 Å². The highest BCUT2D eigenvalue weighted by Crippen LogP contribution is 2.02. The van der Waals surface area contributed by atoms with Crippen molar-refractivity contribution in [2.24, 2.45) is 5.92 Å². The molecule has 1 atom stereocenters. The first-order chi connectivity index (χ1) is 6.78. The highest BCUT2D eigenvalue weighted by Gasteiger charge is 2.22. The first-order valence-corrected chi connectivity index (χ1v) is 5.45. The molecular formula is C11H24N2O2. The average molecular weight is 216 g/mol. The fourth-order valence-electron chi connectivity index (χ4n) is 1.16. The molecule has 1 amide bonds. The molecule has 0 aromatic heterocycles. The molecule has 0 saturated carbocycles. The van der Waals surface area contributed by atoms with Gasteiger partial charge in [-0.05, 0) is 26.7 Å². The van der Waals surface area contributed by atoms with Crippen molar-refractivity contribution in [1.82, 2.24) is 10.6 Å². The summed E-state index contributed by atoms with van der Waals surface area (Å²) in [6.45, 7) is 10.3. The highest BCUT2D eigenvalue weighted by molar-refractivity contribution is 5.81. The standard InChI is InChI=1S/C11H24N2O2/c1-8(2)6-12-10(15)9(3)13-11(4,5)7-14/h8-9,13-14H,6-7H2,1-5H3,(H,12,15). The Morgan fingerprint density at radius 2 is 1.87 bits per heavy atom. The van der Waals surface area contributed by atoms with Gasteiger partial charge >= 0.3 is 0 Å². The van der Waals surface area contributed by atoms with E-state index in [1.807, 2.05) is 13.8 Å². The summed E-state index contributed by atoms with van der Waals surface area (Å²) in [6.07, 6.45) is 0. The second-order valence-corrected chi connectivity index (χ2v) is 5.05. The van der Waals surface area contributed by atoms with Gasteiger partial charge in [-0.2, -0.15) is 0 Å². The van der Waals surface area contributed by atoms with Crippen molar-refractivity contribution >= 4 is 5.91 Å². The number of rotatable bonds is 6. The van der Waals surface area contributed by atoms with Crippen LogP contribution in [0.1, 0.15) is 34.6 Å². The zero-order valence-electron chi connectivity index (χ0n) is 10.4. The van der Waals surface area contributed by atoms with Crippen molar-refractivity contribution in [3.63, 3.8) is 0 Å². The SMILES string of the molecule is CC(C)CNC(=O)C(C)NC(C)(C)CO. The lowest BCUT2D eigenvalue weighted by atomic mass is 10.1. The zero-order chi connectivity index (χ0) is 12.1. The van der Waals surface area contributed by atoms with Crippen LogP contribution in [0.3, 0.4) is 0 Å². The lowest BCUT2D eigenvalue weighted by Crippen LogP contribution is -2.53. The van der Waals surface area contributed by atoms with Crippen LogP contribution in [0.25, 0.3) is 0 Å². The van der Waals surface area contributed by atoms with Crippen molar-refractivity contribution < 1.29 is 9.90 Å². The van der Waals surface area contributed by atoms with Crippen LogP contribution in [0.5, 0.6) is 0 Å². The molecule has 0 heterocycles. The van der Waals surface area contributed by atoms with Crippen LogP contribution >= 0.6 is 0 Å². The third-order valence-corrected chi connectivity index (χ3v) is 2.08. The Bertz CT molecular complexity index is 203. The van der Waals surface area contributed by atoms with Gasteiger partial charge in [0.15, 0.2) is 0 Å². The molecule has 0 aromatic rings. The summed E-state index contributed by atoms with van der Waals surface area (Å²) in [5.41, 5.74) is -0.422. The summed E-state index contributed by atoms with van der Waals surface area (Å²) >= 11 is 0. The van der Waals surface area contributed by atoms with Crippen molar-refractivity contribution in [3.8, 4) is 0 Å². The summed E-state index contributed by atoms with van der Waals surface area (Å²) < 4.78 is 0. The van der Waals surface area contributed by atoms with Gasteiger partial charge in [-0.1, -0.05) is 13.8 Å². The van der Waals surface area contributed by atoms with Crippen LogP contribution in [0.15, 0.2) is 0 Å². The summed E-state index contributed by atoms with van der Waals surface area (Å²) in [4.78, 5) is 11.6. The highest BCUT2D eigenvalue weighted by atomic mass is 16.3. The topological polar surface area (TPSA) is 61.4 Å². The zero-order valence-corrected chi connectivity index (χ0v) is 10.4. The van der Waals surface area contributed by atoms with Gasteiger partial charge < -0.3 is 10.4 Å². The molecule has 1 unspecified atom stereocenters. The Balaban J connectivity index is 3.99. The quantitative estimate of drug-likeness (QED) is 0.606. The first kappa shape index (κ1) is 14.4. The van der Waals surface area contributed by atoms with E-state index in [0.717, 1.165) is 0 Å². The van der Waals surface area contributed by atoms with Crippen LogP contribution in [0.4, 0.5) is 0 Å². The van der Waals surface area contributed by atoms with Crippen molar-refractivity contribution in [1.29, 1.82) is 0 Å². The number of nitrogens with one attached hydrogen (secondary N) is 2. The van der Waals surface area contributed by atoms with E-state index in [4.69, 9.17) is 5.11 Å². The molecule has 0 bridgehead atoms. The molecule has 0 aromatic carbocycles.